The van der Waals surface area contributed by atoms with Crippen molar-refractivity contribution in [2.24, 2.45) is 0 Å². The minimum atomic E-state index is -1.23. The maximum atomic E-state index is 12.2. The van der Waals surface area contributed by atoms with Gasteiger partial charge in [0.05, 0.1) is 7.11 Å². The van der Waals surface area contributed by atoms with Crippen LogP contribution in [0.25, 0.3) is 6.08 Å². The van der Waals surface area contributed by atoms with Gasteiger partial charge < -0.3 is 31.3 Å². The van der Waals surface area contributed by atoms with Crippen LogP contribution in [0.1, 0.15) is 17.3 Å². The third kappa shape index (κ3) is 5.92. The van der Waals surface area contributed by atoms with Crippen LogP contribution < -0.4 is 39.0 Å². The van der Waals surface area contributed by atoms with Crippen LogP contribution in [-0.4, -0.2) is 45.9 Å². The van der Waals surface area contributed by atoms with Gasteiger partial charge in [0.15, 0.2) is 23.9 Å². The molecular weight excluding hydrogens is 367 g/mol. The van der Waals surface area contributed by atoms with Crippen LogP contribution in [0.3, 0.4) is 0 Å². The third-order valence-corrected chi connectivity index (χ3v) is 3.31. The molecule has 138 valence electrons. The van der Waals surface area contributed by atoms with E-state index >= 15 is 0 Å². The van der Waals surface area contributed by atoms with E-state index in [-0.39, 0.29) is 53.8 Å². The van der Waals surface area contributed by atoms with Gasteiger partial charge in [-0.1, -0.05) is 12.1 Å². The molecule has 0 saturated heterocycles. The van der Waals surface area contributed by atoms with E-state index in [2.05, 4.69) is 0 Å². The summed E-state index contributed by atoms with van der Waals surface area (Å²) < 4.78 is 9.76. The maximum absolute atomic E-state index is 12.2. The van der Waals surface area contributed by atoms with E-state index in [9.17, 15) is 24.9 Å². The molecule has 0 heterocycles. The summed E-state index contributed by atoms with van der Waals surface area (Å²) >= 11 is 0. The second kappa shape index (κ2) is 9.86. The first-order valence-corrected chi connectivity index (χ1v) is 7.31. The molecule has 0 aliphatic rings. The Bertz CT molecular complexity index is 859. The molecule has 27 heavy (non-hydrogen) atoms. The average molecular weight is 384 g/mol. The number of hydrogen-bond acceptors (Lipinski definition) is 7. The van der Waals surface area contributed by atoms with Gasteiger partial charge in [0.2, 0.25) is 0 Å². The van der Waals surface area contributed by atoms with Crippen LogP contribution in [-0.2, 0) is 4.79 Å². The molecule has 0 aliphatic heterocycles. The molecule has 0 bridgehead atoms. The number of ketones is 1. The van der Waals surface area contributed by atoms with Gasteiger partial charge in [0.1, 0.15) is 22.8 Å². The van der Waals surface area contributed by atoms with Gasteiger partial charge >= 0.3 is 35.5 Å². The molecule has 2 aromatic carbocycles. The van der Waals surface area contributed by atoms with E-state index in [4.69, 9.17) is 14.6 Å². The molecular formula is C18H17NaO8. The molecule has 0 atom stereocenters. The van der Waals surface area contributed by atoms with E-state index in [1.165, 1.54) is 25.3 Å². The number of benzene rings is 2. The summed E-state index contributed by atoms with van der Waals surface area (Å²) in [6.07, 6.45) is 2.49. The summed E-state index contributed by atoms with van der Waals surface area (Å²) in [6, 6.07) is 6.56. The molecule has 2 aromatic rings. The molecule has 0 saturated carbocycles. The number of hydrogen-bond donors (Lipinski definition) is 4. The standard InChI is InChI=1S/C18H16O8.Na.H/c1-25-16-5-3-10(6-13(16)20)2-4-12(19)18-14(21)7-11(8-15(18)22)26-9-17(23)24;;/h2-8,20-22H,9H2,1H3,(H,23,24);;/q;+1;-1/b4-2+;;. The fourth-order valence-corrected chi connectivity index (χ4v) is 2.13. The van der Waals surface area contributed by atoms with Gasteiger partial charge in [-0.2, -0.15) is 0 Å². The van der Waals surface area contributed by atoms with Crippen molar-refractivity contribution in [3.05, 3.63) is 47.5 Å². The van der Waals surface area contributed by atoms with Gasteiger partial charge in [-0.15, -0.1) is 0 Å². The number of methoxy groups -OCH3 is 1. The van der Waals surface area contributed by atoms with Gasteiger partial charge in [-0.3, -0.25) is 4.79 Å². The number of carbonyl (C=O) groups excluding carboxylic acids is 1. The largest absolute Gasteiger partial charge is 1.00 e. The van der Waals surface area contributed by atoms with Crippen molar-refractivity contribution < 1.29 is 70.5 Å². The Morgan fingerprint density at radius 3 is 2.22 bits per heavy atom. The minimum Gasteiger partial charge on any atom is -1.00 e. The van der Waals surface area contributed by atoms with Crippen molar-refractivity contribution in [1.29, 1.82) is 0 Å². The van der Waals surface area contributed by atoms with Crippen LogP contribution in [0.15, 0.2) is 36.4 Å². The Hall–Kier alpha value is -2.68. The number of aromatic hydroxyl groups is 3. The molecule has 0 amide bonds. The van der Waals surface area contributed by atoms with Gasteiger partial charge in [0.25, 0.3) is 0 Å². The second-order valence-corrected chi connectivity index (χ2v) is 5.15. The van der Waals surface area contributed by atoms with Gasteiger partial charge in [-0.05, 0) is 23.8 Å². The molecule has 8 nitrogen and oxygen atoms in total. The van der Waals surface area contributed by atoms with Crippen molar-refractivity contribution in [3.63, 3.8) is 0 Å². The van der Waals surface area contributed by atoms with Gasteiger partial charge in [0, 0.05) is 12.1 Å². The molecule has 0 spiro atoms. The fraction of sp³-hybridized carbons (Fsp3) is 0.111. The van der Waals surface area contributed by atoms with Crippen molar-refractivity contribution in [2.45, 2.75) is 0 Å². The zero-order chi connectivity index (χ0) is 19.3. The minimum absolute atomic E-state index is 0. The molecule has 0 aliphatic carbocycles. The first kappa shape index (κ1) is 22.4. The predicted molar refractivity (Wildman–Crippen MR) is 92.0 cm³/mol. The Balaban J connectivity index is 0.00000364. The Kier molecular flexibility index (Phi) is 8.17. The number of carboxylic acid groups (broad SMARTS) is 1. The van der Waals surface area contributed by atoms with Crippen LogP contribution >= 0.6 is 0 Å². The van der Waals surface area contributed by atoms with Crippen LogP contribution in [0, 0.1) is 0 Å². The fourth-order valence-electron chi connectivity index (χ4n) is 2.13. The van der Waals surface area contributed by atoms with Crippen LogP contribution in [0.4, 0.5) is 0 Å². The number of allylic oxidation sites excluding steroid dienone is 1. The predicted octanol–water partition coefficient (Wildman–Crippen LogP) is -0.712. The monoisotopic (exact) mass is 384 g/mol. The van der Waals surface area contributed by atoms with E-state index in [1.807, 2.05) is 0 Å². The van der Waals surface area contributed by atoms with E-state index in [0.29, 0.717) is 5.56 Å². The summed E-state index contributed by atoms with van der Waals surface area (Å²) in [4.78, 5) is 22.7. The maximum Gasteiger partial charge on any atom is 1.00 e. The summed E-state index contributed by atoms with van der Waals surface area (Å²) in [5.74, 6) is -2.96. The Morgan fingerprint density at radius 2 is 1.70 bits per heavy atom. The van der Waals surface area contributed by atoms with Crippen molar-refractivity contribution >= 4 is 17.8 Å². The van der Waals surface area contributed by atoms with E-state index in [0.717, 1.165) is 18.2 Å². The number of rotatable bonds is 7. The zero-order valence-electron chi connectivity index (χ0n) is 15.7. The van der Waals surface area contributed by atoms with Crippen molar-refractivity contribution in [3.8, 4) is 28.7 Å². The zero-order valence-corrected chi connectivity index (χ0v) is 16.7. The number of ether oxygens (including phenoxy) is 2. The summed E-state index contributed by atoms with van der Waals surface area (Å²) in [7, 11) is 1.41. The smallest absolute Gasteiger partial charge is 1.00 e. The summed E-state index contributed by atoms with van der Waals surface area (Å²) in [6.45, 7) is -0.660. The van der Waals surface area contributed by atoms with Gasteiger partial charge in [-0.25, -0.2) is 4.79 Å². The SMILES string of the molecule is COc1ccc(/C=C/C(=O)c2c(O)cc(OCC(=O)O)cc2O)cc1O.[H-].[Na+]. The molecule has 0 fully saturated rings. The number of aliphatic carboxylic acids is 1. The molecule has 2 rings (SSSR count). The first-order chi connectivity index (χ1) is 12.3. The topological polar surface area (TPSA) is 134 Å². The number of phenolic OH excluding ortho intramolecular Hbond substituents is 3. The number of phenols is 3. The molecule has 4 N–H and O–H groups in total. The Labute approximate surface area is 178 Å². The van der Waals surface area contributed by atoms with E-state index in [1.54, 1.807) is 6.07 Å². The Morgan fingerprint density at radius 1 is 1.07 bits per heavy atom. The van der Waals surface area contributed by atoms with E-state index < -0.39 is 29.9 Å². The summed E-state index contributed by atoms with van der Waals surface area (Å²) in [5, 5.41) is 38.1. The second-order valence-electron chi connectivity index (χ2n) is 5.15. The molecule has 0 unspecified atom stereocenters. The van der Waals surface area contributed by atoms with Crippen LogP contribution in [0.2, 0.25) is 0 Å². The number of carboxylic acids is 1. The van der Waals surface area contributed by atoms with Crippen LogP contribution in [0.5, 0.6) is 28.7 Å². The molecule has 0 radical (unpaired) electrons. The first-order valence-electron chi connectivity index (χ1n) is 7.31. The quantitative estimate of drug-likeness (QED) is 0.279. The van der Waals surface area contributed by atoms with Crippen molar-refractivity contribution in [1.82, 2.24) is 0 Å². The average Bonchev–Trinajstić information content (AvgIpc) is 2.57. The summed E-state index contributed by atoms with van der Waals surface area (Å²) in [5.41, 5.74) is 0.138. The molecule has 9 heteroatoms. The third-order valence-electron chi connectivity index (χ3n) is 3.31. The van der Waals surface area contributed by atoms with Crippen molar-refractivity contribution in [2.75, 3.05) is 13.7 Å². The normalized spacial score (nSPS) is 10.3. The molecule has 0 aromatic heterocycles. The number of carbonyl (C=O) groups is 2.